The molecule has 0 aliphatic heterocycles. The van der Waals surface area contributed by atoms with Crippen LogP contribution in [-0.2, 0) is 22.9 Å². The van der Waals surface area contributed by atoms with E-state index in [-0.39, 0.29) is 4.90 Å². The van der Waals surface area contributed by atoms with Crippen molar-refractivity contribution in [3.63, 3.8) is 0 Å². The lowest BCUT2D eigenvalue weighted by Crippen LogP contribution is -2.41. The van der Waals surface area contributed by atoms with Gasteiger partial charge in [0.1, 0.15) is 4.90 Å². The van der Waals surface area contributed by atoms with E-state index in [1.807, 2.05) is 25.1 Å². The number of carbonyl (C=O) groups is 1. The van der Waals surface area contributed by atoms with Gasteiger partial charge in [0.2, 0.25) is 0 Å². The Bertz CT molecular complexity index is 1140. The van der Waals surface area contributed by atoms with E-state index < -0.39 is 15.9 Å². The fourth-order valence-corrected chi connectivity index (χ4v) is 5.81. The first-order valence-electron chi connectivity index (χ1n) is 9.73. The third-order valence-electron chi connectivity index (χ3n) is 5.12. The van der Waals surface area contributed by atoms with Crippen molar-refractivity contribution in [2.75, 3.05) is 0 Å². The molecule has 0 saturated carbocycles. The van der Waals surface area contributed by atoms with Gasteiger partial charge in [-0.3, -0.25) is 15.2 Å². The summed E-state index contributed by atoms with van der Waals surface area (Å²) in [6.07, 6.45) is 8.29. The van der Waals surface area contributed by atoms with Crippen LogP contribution in [0.4, 0.5) is 0 Å². The van der Waals surface area contributed by atoms with Crippen molar-refractivity contribution < 1.29 is 13.2 Å². The van der Waals surface area contributed by atoms with Crippen LogP contribution in [0.1, 0.15) is 51.4 Å². The Morgan fingerprint density at radius 2 is 1.90 bits per heavy atom. The van der Waals surface area contributed by atoms with Crippen LogP contribution in [0.15, 0.2) is 41.4 Å². The molecule has 152 valence electrons. The normalized spacial score (nSPS) is 14.8. The summed E-state index contributed by atoms with van der Waals surface area (Å²) in [4.78, 5) is 20.9. The van der Waals surface area contributed by atoms with E-state index in [0.29, 0.717) is 10.4 Å². The van der Waals surface area contributed by atoms with Gasteiger partial charge in [0, 0.05) is 16.5 Å². The number of para-hydroxylation sites is 1. The van der Waals surface area contributed by atoms with Gasteiger partial charge >= 0.3 is 0 Å². The number of benzene rings is 1. The molecule has 0 unspecified atom stereocenters. The van der Waals surface area contributed by atoms with Crippen LogP contribution in [0.3, 0.4) is 0 Å². The van der Waals surface area contributed by atoms with E-state index >= 15 is 0 Å². The second-order valence-corrected chi connectivity index (χ2v) is 10.2. The highest BCUT2D eigenvalue weighted by Gasteiger charge is 2.21. The third kappa shape index (κ3) is 4.34. The maximum absolute atomic E-state index is 12.8. The number of fused-ring (bicyclic) bond motifs is 2. The van der Waals surface area contributed by atoms with Gasteiger partial charge in [-0.15, -0.1) is 16.2 Å². The molecule has 4 rings (SSSR count). The minimum absolute atomic E-state index is 0.0359. The molecule has 2 heterocycles. The first kappa shape index (κ1) is 20.0. The highest BCUT2D eigenvalue weighted by atomic mass is 32.2. The van der Waals surface area contributed by atoms with Gasteiger partial charge in [0.05, 0.1) is 10.4 Å². The first-order valence-corrected chi connectivity index (χ1v) is 12.0. The molecule has 1 aliphatic rings. The van der Waals surface area contributed by atoms with Gasteiger partial charge in [-0.2, -0.15) is 0 Å². The van der Waals surface area contributed by atoms with Crippen LogP contribution in [-0.4, -0.2) is 19.3 Å². The third-order valence-corrected chi connectivity index (χ3v) is 7.63. The topological polar surface area (TPSA) is 88.2 Å². The van der Waals surface area contributed by atoms with Crippen molar-refractivity contribution >= 4 is 38.2 Å². The monoisotopic (exact) mass is 429 g/mol. The molecular weight excluding hydrogens is 406 g/mol. The van der Waals surface area contributed by atoms with Crippen LogP contribution >= 0.6 is 11.3 Å². The summed E-state index contributed by atoms with van der Waals surface area (Å²) in [5.74, 6) is -0.436. The molecule has 2 aromatic heterocycles. The van der Waals surface area contributed by atoms with Crippen LogP contribution < -0.4 is 10.3 Å². The molecule has 8 heteroatoms. The van der Waals surface area contributed by atoms with E-state index in [2.05, 4.69) is 15.2 Å². The Balaban J connectivity index is 1.53. The van der Waals surface area contributed by atoms with Crippen molar-refractivity contribution in [3.05, 3.63) is 57.4 Å². The fraction of sp³-hybridized carbons (Fsp3) is 0.333. The van der Waals surface area contributed by atoms with Crippen LogP contribution in [0, 0.1) is 6.92 Å². The number of nitrogens with one attached hydrogen (secondary N) is 2. The second kappa shape index (κ2) is 8.22. The number of carbonyl (C=O) groups excluding carboxylic acids is 1. The standard InChI is InChI=1S/C21H23N3O3S2/c1-14-11-16-8-6-10-19(20(16)22-13-14)29(26,27)24-23-21(25)18-12-15-7-4-2-3-5-9-17(15)28-18/h6,8,10-13,24H,2-5,7,9H2,1H3,(H,23,25). The first-order chi connectivity index (χ1) is 13.9. The molecule has 6 nitrogen and oxygen atoms in total. The molecule has 0 spiro atoms. The quantitative estimate of drug-likeness (QED) is 0.616. The maximum atomic E-state index is 12.8. The zero-order valence-corrected chi connectivity index (χ0v) is 17.8. The largest absolute Gasteiger partial charge is 0.276 e. The highest BCUT2D eigenvalue weighted by Crippen LogP contribution is 2.28. The van der Waals surface area contributed by atoms with Gasteiger partial charge < -0.3 is 0 Å². The van der Waals surface area contributed by atoms with Crippen molar-refractivity contribution in [2.45, 2.75) is 50.3 Å². The number of hydrogen-bond acceptors (Lipinski definition) is 5. The average molecular weight is 430 g/mol. The SMILES string of the molecule is Cc1cnc2c(S(=O)(=O)NNC(=O)c3cc4c(s3)CCCCCC4)cccc2c1. The molecule has 0 atom stereocenters. The summed E-state index contributed by atoms with van der Waals surface area (Å²) in [6.45, 7) is 1.90. The van der Waals surface area contributed by atoms with E-state index in [4.69, 9.17) is 0 Å². The molecule has 0 saturated heterocycles. The summed E-state index contributed by atoms with van der Waals surface area (Å²) < 4.78 is 25.6. The number of hydrogen-bond donors (Lipinski definition) is 2. The lowest BCUT2D eigenvalue weighted by Gasteiger charge is -2.10. The van der Waals surface area contributed by atoms with E-state index in [1.165, 1.54) is 40.7 Å². The zero-order chi connectivity index (χ0) is 20.4. The number of rotatable bonds is 4. The molecule has 2 N–H and O–H groups in total. The minimum Gasteiger partial charge on any atom is -0.273 e. The molecule has 0 bridgehead atoms. The summed E-state index contributed by atoms with van der Waals surface area (Å²) in [5, 5.41) is 0.734. The average Bonchev–Trinajstić information content (AvgIpc) is 3.07. The molecule has 29 heavy (non-hydrogen) atoms. The Hall–Kier alpha value is -2.29. The van der Waals surface area contributed by atoms with E-state index in [9.17, 15) is 13.2 Å². The van der Waals surface area contributed by atoms with Crippen molar-refractivity contribution in [1.29, 1.82) is 0 Å². The van der Waals surface area contributed by atoms with Crippen molar-refractivity contribution in [1.82, 2.24) is 15.2 Å². The predicted molar refractivity (Wildman–Crippen MR) is 114 cm³/mol. The highest BCUT2D eigenvalue weighted by molar-refractivity contribution is 7.89. The van der Waals surface area contributed by atoms with E-state index in [1.54, 1.807) is 12.3 Å². The molecule has 0 radical (unpaired) electrons. The maximum Gasteiger partial charge on any atom is 0.276 e. The number of aryl methyl sites for hydroxylation is 3. The number of nitrogens with zero attached hydrogens (tertiary/aromatic N) is 1. The Morgan fingerprint density at radius 1 is 1.10 bits per heavy atom. The lowest BCUT2D eigenvalue weighted by atomic mass is 10.00. The van der Waals surface area contributed by atoms with Crippen molar-refractivity contribution in [3.8, 4) is 0 Å². The number of aromatic nitrogens is 1. The van der Waals surface area contributed by atoms with E-state index in [0.717, 1.165) is 36.6 Å². The minimum atomic E-state index is -3.96. The molecular formula is C21H23N3O3S2. The summed E-state index contributed by atoms with van der Waals surface area (Å²) >= 11 is 1.46. The number of hydrazine groups is 1. The number of amides is 1. The number of thiophene rings is 1. The molecule has 1 amide bonds. The van der Waals surface area contributed by atoms with Gasteiger partial charge in [0.15, 0.2) is 0 Å². The molecule has 3 aromatic rings. The summed E-state index contributed by atoms with van der Waals surface area (Å²) in [5.41, 5.74) is 4.90. The predicted octanol–water partition coefficient (Wildman–Crippen LogP) is 3.89. The summed E-state index contributed by atoms with van der Waals surface area (Å²) in [6, 6.07) is 8.74. The second-order valence-electron chi connectivity index (χ2n) is 7.37. The van der Waals surface area contributed by atoms with Gasteiger partial charge in [-0.1, -0.05) is 25.0 Å². The van der Waals surface area contributed by atoms with Crippen molar-refractivity contribution in [2.24, 2.45) is 0 Å². The van der Waals surface area contributed by atoms with Crippen LogP contribution in [0.25, 0.3) is 10.9 Å². The van der Waals surface area contributed by atoms with Gasteiger partial charge in [0.25, 0.3) is 15.9 Å². The zero-order valence-electron chi connectivity index (χ0n) is 16.2. The van der Waals surface area contributed by atoms with Gasteiger partial charge in [-0.25, -0.2) is 8.42 Å². The van der Waals surface area contributed by atoms with Crippen LogP contribution in [0.5, 0.6) is 0 Å². The molecule has 0 fully saturated rings. The lowest BCUT2D eigenvalue weighted by molar-refractivity contribution is 0.0949. The number of pyridine rings is 1. The Labute approximate surface area is 174 Å². The number of sulfonamides is 1. The smallest absolute Gasteiger partial charge is 0.273 e. The Kier molecular flexibility index (Phi) is 5.67. The molecule has 1 aromatic carbocycles. The van der Waals surface area contributed by atoms with Crippen LogP contribution in [0.2, 0.25) is 0 Å². The Morgan fingerprint density at radius 3 is 2.72 bits per heavy atom. The molecule has 1 aliphatic carbocycles. The fourth-order valence-electron chi connectivity index (χ4n) is 3.65. The summed E-state index contributed by atoms with van der Waals surface area (Å²) in [7, 11) is -3.96. The van der Waals surface area contributed by atoms with Gasteiger partial charge in [-0.05, 0) is 61.9 Å².